The first-order valence-electron chi connectivity index (χ1n) is 5.64. The number of hydrogen-bond acceptors (Lipinski definition) is 4. The molecule has 0 aromatic heterocycles. The molecule has 0 spiro atoms. The molecular weight excluding hydrogens is 268 g/mol. The Bertz CT molecular complexity index is 358. The first-order chi connectivity index (χ1) is 8.13. The molecule has 1 aromatic rings. The van der Waals surface area contributed by atoms with Crippen LogP contribution in [0.5, 0.6) is 11.5 Å². The summed E-state index contributed by atoms with van der Waals surface area (Å²) in [5.41, 5.74) is 0. The summed E-state index contributed by atoms with van der Waals surface area (Å²) < 4.78 is 10.8. The average Bonchev–Trinajstić information content (AvgIpc) is 2.34. The zero-order valence-corrected chi connectivity index (χ0v) is 13.9. The molecule has 0 saturated heterocycles. The van der Waals surface area contributed by atoms with Crippen LogP contribution in [0.3, 0.4) is 0 Å². The van der Waals surface area contributed by atoms with Crippen molar-refractivity contribution >= 4 is 37.2 Å². The number of methoxy groups -OCH3 is 2. The van der Waals surface area contributed by atoms with Gasteiger partial charge in [-0.3, -0.25) is 0 Å². The van der Waals surface area contributed by atoms with Gasteiger partial charge in [0.05, 0.1) is 23.7 Å². The number of hydrogen-bond donors (Lipinski definition) is 1. The number of para-hydroxylation sites is 1. The van der Waals surface area contributed by atoms with Crippen molar-refractivity contribution in [1.82, 2.24) is 0 Å². The highest BCUT2D eigenvalue weighted by molar-refractivity contribution is 8.69. The first-order valence-corrected chi connectivity index (χ1v) is 9.09. The van der Waals surface area contributed by atoms with Crippen LogP contribution in [0, 0.1) is 5.92 Å². The number of benzene rings is 1. The minimum atomic E-state index is -0.434. The van der Waals surface area contributed by atoms with E-state index in [2.05, 4.69) is 31.6 Å². The topological polar surface area (TPSA) is 18.5 Å². The van der Waals surface area contributed by atoms with Gasteiger partial charge in [0, 0.05) is 4.87 Å². The standard InChI is InChI=1S/C12H20O2S2Si/c1-8(2)12(16-15)17-10-7-5-6-9(13-3)11(10)14-4/h5-8,12,15H,17H2,1-4H3. The number of ether oxygens (including phenoxy) is 2. The molecule has 17 heavy (non-hydrogen) atoms. The fourth-order valence-corrected chi connectivity index (χ4v) is 5.89. The quantitative estimate of drug-likeness (QED) is 0.491. The second-order valence-corrected chi connectivity index (χ2v) is 8.33. The predicted octanol–water partition coefficient (Wildman–Crippen LogP) is 2.06. The average molecular weight is 289 g/mol. The summed E-state index contributed by atoms with van der Waals surface area (Å²) in [4.78, 5) is 0.610. The second kappa shape index (κ2) is 7.23. The van der Waals surface area contributed by atoms with E-state index in [0.717, 1.165) is 11.5 Å². The second-order valence-electron chi connectivity index (χ2n) is 4.24. The van der Waals surface area contributed by atoms with E-state index in [9.17, 15) is 0 Å². The summed E-state index contributed by atoms with van der Waals surface area (Å²) >= 11 is 4.38. The molecule has 0 saturated carbocycles. The van der Waals surface area contributed by atoms with Crippen molar-refractivity contribution in [3.8, 4) is 11.5 Å². The predicted molar refractivity (Wildman–Crippen MR) is 82.9 cm³/mol. The van der Waals surface area contributed by atoms with Crippen molar-refractivity contribution in [2.75, 3.05) is 14.2 Å². The maximum atomic E-state index is 5.47. The van der Waals surface area contributed by atoms with Crippen molar-refractivity contribution in [3.63, 3.8) is 0 Å². The molecule has 0 aliphatic rings. The highest BCUT2D eigenvalue weighted by Gasteiger charge is 2.18. The first kappa shape index (κ1) is 14.8. The molecule has 1 rings (SSSR count). The van der Waals surface area contributed by atoms with Crippen LogP contribution >= 0.6 is 22.5 Å². The third-order valence-corrected chi connectivity index (χ3v) is 8.60. The Kier molecular flexibility index (Phi) is 6.30. The Morgan fingerprint density at radius 1 is 1.24 bits per heavy atom. The largest absolute Gasteiger partial charge is 0.493 e. The molecule has 0 amide bonds. The molecular formula is C12H20O2S2Si. The molecule has 2 nitrogen and oxygen atoms in total. The Morgan fingerprint density at radius 2 is 1.94 bits per heavy atom. The molecule has 0 heterocycles. The van der Waals surface area contributed by atoms with E-state index in [4.69, 9.17) is 9.47 Å². The van der Waals surface area contributed by atoms with Crippen LogP contribution < -0.4 is 14.7 Å². The van der Waals surface area contributed by atoms with E-state index in [-0.39, 0.29) is 0 Å². The molecule has 0 aliphatic carbocycles. The number of rotatable bonds is 6. The highest BCUT2D eigenvalue weighted by Crippen LogP contribution is 2.26. The maximum absolute atomic E-state index is 5.47. The summed E-state index contributed by atoms with van der Waals surface area (Å²) in [5, 5.41) is 1.31. The smallest absolute Gasteiger partial charge is 0.160 e. The van der Waals surface area contributed by atoms with E-state index in [1.165, 1.54) is 5.19 Å². The monoisotopic (exact) mass is 288 g/mol. The summed E-state index contributed by atoms with van der Waals surface area (Å²) in [5.74, 6) is 2.36. The Morgan fingerprint density at radius 3 is 2.41 bits per heavy atom. The Labute approximate surface area is 115 Å². The highest BCUT2D eigenvalue weighted by atomic mass is 33.1. The third-order valence-electron chi connectivity index (χ3n) is 2.78. The minimum absolute atomic E-state index is 0.434. The molecule has 5 heteroatoms. The fraction of sp³-hybridized carbons (Fsp3) is 0.500. The summed E-state index contributed by atoms with van der Waals surface area (Å²) in [6, 6.07) is 6.12. The van der Waals surface area contributed by atoms with Crippen molar-refractivity contribution in [2.24, 2.45) is 5.92 Å². The zero-order chi connectivity index (χ0) is 12.8. The number of thiol groups is 1. The third kappa shape index (κ3) is 3.86. The lowest BCUT2D eigenvalue weighted by Crippen LogP contribution is -2.30. The molecule has 0 bridgehead atoms. The van der Waals surface area contributed by atoms with Gasteiger partial charge in [0.2, 0.25) is 0 Å². The van der Waals surface area contributed by atoms with Crippen LogP contribution in [0.15, 0.2) is 18.2 Å². The van der Waals surface area contributed by atoms with Gasteiger partial charge in [0.25, 0.3) is 0 Å². The van der Waals surface area contributed by atoms with Crippen molar-refractivity contribution in [3.05, 3.63) is 18.2 Å². The van der Waals surface area contributed by atoms with E-state index >= 15 is 0 Å². The van der Waals surface area contributed by atoms with Crippen molar-refractivity contribution in [2.45, 2.75) is 18.7 Å². The zero-order valence-electron chi connectivity index (χ0n) is 10.8. The SMILES string of the molecule is COc1cccc([SiH2]C(SS)C(C)C)c1OC. The van der Waals surface area contributed by atoms with Crippen LogP contribution in [-0.4, -0.2) is 28.6 Å². The molecule has 1 unspecified atom stereocenters. The van der Waals surface area contributed by atoms with Crippen molar-refractivity contribution in [1.29, 1.82) is 0 Å². The van der Waals surface area contributed by atoms with Gasteiger partial charge in [-0.05, 0) is 17.2 Å². The molecule has 96 valence electrons. The lowest BCUT2D eigenvalue weighted by molar-refractivity contribution is 0.357. The van der Waals surface area contributed by atoms with Crippen LogP contribution in [0.1, 0.15) is 13.8 Å². The fourth-order valence-electron chi connectivity index (χ4n) is 1.73. The van der Waals surface area contributed by atoms with Gasteiger partial charge in [0.1, 0.15) is 0 Å². The lowest BCUT2D eigenvalue weighted by atomic mass is 10.3. The normalized spacial score (nSPS) is 13.3. The van der Waals surface area contributed by atoms with Gasteiger partial charge in [-0.25, -0.2) is 0 Å². The van der Waals surface area contributed by atoms with Crippen LogP contribution in [-0.2, 0) is 0 Å². The molecule has 0 aliphatic heterocycles. The van der Waals surface area contributed by atoms with Crippen LogP contribution in [0.25, 0.3) is 0 Å². The van der Waals surface area contributed by atoms with Gasteiger partial charge in [0.15, 0.2) is 11.5 Å². The minimum Gasteiger partial charge on any atom is -0.493 e. The van der Waals surface area contributed by atoms with Gasteiger partial charge in [-0.1, -0.05) is 36.8 Å². The van der Waals surface area contributed by atoms with Gasteiger partial charge < -0.3 is 9.47 Å². The van der Waals surface area contributed by atoms with Crippen LogP contribution in [0.4, 0.5) is 0 Å². The lowest BCUT2D eigenvalue weighted by Gasteiger charge is -2.19. The molecule has 1 atom stereocenters. The van der Waals surface area contributed by atoms with Gasteiger partial charge in [-0.2, -0.15) is 0 Å². The molecule has 1 aromatic carbocycles. The van der Waals surface area contributed by atoms with E-state index in [1.807, 2.05) is 12.1 Å². The maximum Gasteiger partial charge on any atom is 0.160 e. The van der Waals surface area contributed by atoms with E-state index in [1.54, 1.807) is 25.0 Å². The van der Waals surface area contributed by atoms with Crippen LogP contribution in [0.2, 0.25) is 0 Å². The van der Waals surface area contributed by atoms with Crippen molar-refractivity contribution < 1.29 is 9.47 Å². The van der Waals surface area contributed by atoms with Gasteiger partial charge in [-0.15, -0.1) is 11.7 Å². The molecule has 0 fully saturated rings. The summed E-state index contributed by atoms with van der Waals surface area (Å²) in [6.45, 7) is 4.49. The van der Waals surface area contributed by atoms with E-state index < -0.39 is 9.52 Å². The molecule has 0 radical (unpaired) electrons. The van der Waals surface area contributed by atoms with Gasteiger partial charge >= 0.3 is 0 Å². The summed E-state index contributed by atoms with van der Waals surface area (Å²) in [7, 11) is 4.61. The van der Waals surface area contributed by atoms with E-state index in [0.29, 0.717) is 10.8 Å². The Hall–Kier alpha value is -0.263. The Balaban J connectivity index is 2.97. The molecule has 0 N–H and O–H groups in total. The summed E-state index contributed by atoms with van der Waals surface area (Å²) in [6.07, 6.45) is 0.